The molecule has 0 saturated heterocycles. The van der Waals surface area contributed by atoms with Crippen LogP contribution in [0.2, 0.25) is 0 Å². The van der Waals surface area contributed by atoms with E-state index in [9.17, 15) is 0 Å². The van der Waals surface area contributed by atoms with E-state index in [1.54, 1.807) is 0 Å². The maximum Gasteiger partial charge on any atom is 0.247 e. The van der Waals surface area contributed by atoms with Gasteiger partial charge in [-0.3, -0.25) is 0 Å². The van der Waals surface area contributed by atoms with E-state index in [0.717, 1.165) is 0 Å². The van der Waals surface area contributed by atoms with E-state index < -0.39 is 0 Å². The molecule has 2 aliphatic rings. The molecule has 0 fully saturated rings. The molecule has 0 bridgehead atoms. The van der Waals surface area contributed by atoms with E-state index in [-0.39, 0.29) is 24.3 Å². The lowest BCUT2D eigenvalue weighted by atomic mass is 9.32. The Morgan fingerprint density at radius 3 is 1.04 bits per heavy atom. The topological polar surface area (TPSA) is 9.86 Å². The van der Waals surface area contributed by atoms with E-state index in [2.05, 4.69) is 250 Å². The number of fused-ring (bicyclic) bond motifs is 10. The molecular formula is C68H62B2N2. The van der Waals surface area contributed by atoms with Gasteiger partial charge in [-0.2, -0.15) is 0 Å². The first-order chi connectivity index (χ1) is 34.4. The van der Waals surface area contributed by atoms with Gasteiger partial charge in [-0.15, -0.1) is 0 Å². The first kappa shape index (κ1) is 44.6. The Hall–Kier alpha value is -7.29. The number of aryl methyl sites for hydroxylation is 6. The standard InChI is InChI=1S/C68H62B2N2/c1-39-27-41(3)63(42(4)28-39)69-55-37-62-56(38-61(55)71-59-25-23-49(67(7,8)9)35-51(59)53-31-47(33-57(69)65(53)71)45-19-15-13-16-20-45)70(64-43(5)29-40(2)30-44(64)6)58-34-48(46-21-17-14-18-22-46)32-54-52-36-50(68(10,11)12)24-26-60(52)72(62)66(54)58/h13-38H,1-12H3. The molecule has 350 valence electrons. The fourth-order valence-electron chi connectivity index (χ4n) is 13.5. The SMILES string of the molecule is Cc1cc(C)c(B2c3cc4c(cc3-n3c5ccc(C(C)(C)C)cc5c5cc(-c6ccccc6)cc2c53)B(c2c(C)cc(C)cc2C)c2cc(-c3ccccc3)cc3c5cc(C(C)(C)C)ccc5n-4c23)c(C)c1. The van der Waals surface area contributed by atoms with Crippen LogP contribution < -0.4 is 32.8 Å². The first-order valence-corrected chi connectivity index (χ1v) is 26.1. The van der Waals surface area contributed by atoms with Gasteiger partial charge in [-0.25, -0.2) is 0 Å². The first-order valence-electron chi connectivity index (χ1n) is 26.1. The van der Waals surface area contributed by atoms with Crippen LogP contribution in [-0.2, 0) is 10.8 Å². The monoisotopic (exact) mass is 929 g/mol. The van der Waals surface area contributed by atoms with Crippen LogP contribution in [-0.4, -0.2) is 22.6 Å². The van der Waals surface area contributed by atoms with Crippen molar-refractivity contribution in [2.24, 2.45) is 0 Å². The van der Waals surface area contributed by atoms with Crippen LogP contribution in [0.25, 0.3) is 77.2 Å². The summed E-state index contributed by atoms with van der Waals surface area (Å²) in [6.07, 6.45) is 0. The predicted molar refractivity (Wildman–Crippen MR) is 314 cm³/mol. The van der Waals surface area contributed by atoms with Gasteiger partial charge in [0, 0.05) is 44.0 Å². The van der Waals surface area contributed by atoms with Gasteiger partial charge in [0.05, 0.1) is 11.0 Å². The van der Waals surface area contributed by atoms with Crippen LogP contribution in [0.15, 0.2) is 158 Å². The molecule has 0 aliphatic carbocycles. The minimum atomic E-state index is -0.0241. The van der Waals surface area contributed by atoms with Crippen molar-refractivity contribution in [3.63, 3.8) is 0 Å². The largest absolute Gasteiger partial charge is 0.310 e. The van der Waals surface area contributed by atoms with Crippen molar-refractivity contribution in [2.45, 2.75) is 93.9 Å². The Morgan fingerprint density at radius 2 is 0.694 bits per heavy atom. The highest BCUT2D eigenvalue weighted by Crippen LogP contribution is 2.42. The lowest BCUT2D eigenvalue weighted by Gasteiger charge is -2.34. The molecule has 0 spiro atoms. The highest BCUT2D eigenvalue weighted by Gasteiger charge is 2.42. The van der Waals surface area contributed by atoms with Crippen LogP contribution in [0, 0.1) is 41.5 Å². The summed E-state index contributed by atoms with van der Waals surface area (Å²) in [5.41, 5.74) is 31.6. The molecule has 11 aromatic rings. The highest BCUT2D eigenvalue weighted by atomic mass is 15.0. The molecule has 4 heterocycles. The molecular weight excluding hydrogens is 866 g/mol. The summed E-state index contributed by atoms with van der Waals surface area (Å²) in [6.45, 7) is 27.9. The lowest BCUT2D eigenvalue weighted by Crippen LogP contribution is -2.61. The molecule has 0 amide bonds. The van der Waals surface area contributed by atoms with E-state index >= 15 is 0 Å². The second-order valence-corrected chi connectivity index (χ2v) is 23.8. The molecule has 0 N–H and O–H groups in total. The molecule has 2 aliphatic heterocycles. The van der Waals surface area contributed by atoms with Crippen molar-refractivity contribution in [3.8, 4) is 33.6 Å². The average Bonchev–Trinajstić information content (AvgIpc) is 3.85. The minimum absolute atomic E-state index is 0.0141. The van der Waals surface area contributed by atoms with Crippen LogP contribution in [0.3, 0.4) is 0 Å². The molecule has 9 aromatic carbocycles. The van der Waals surface area contributed by atoms with Crippen LogP contribution in [0.5, 0.6) is 0 Å². The zero-order chi connectivity index (χ0) is 49.9. The number of hydrogen-bond acceptors (Lipinski definition) is 0. The van der Waals surface area contributed by atoms with Gasteiger partial charge in [-0.05, 0) is 156 Å². The number of rotatable bonds is 4. The lowest BCUT2D eigenvalue weighted by molar-refractivity contribution is 0.591. The van der Waals surface area contributed by atoms with Crippen molar-refractivity contribution >= 4 is 89.8 Å². The highest BCUT2D eigenvalue weighted by molar-refractivity contribution is 7.00. The summed E-state index contributed by atoms with van der Waals surface area (Å²) < 4.78 is 5.35. The second kappa shape index (κ2) is 15.6. The maximum absolute atomic E-state index is 2.67. The Kier molecular flexibility index (Phi) is 9.67. The van der Waals surface area contributed by atoms with Crippen molar-refractivity contribution < 1.29 is 0 Å². The summed E-state index contributed by atoms with van der Waals surface area (Å²) in [6, 6.07) is 61.8. The predicted octanol–water partition coefficient (Wildman–Crippen LogP) is 13.3. The molecule has 2 aromatic heterocycles. The van der Waals surface area contributed by atoms with Crippen LogP contribution in [0.1, 0.15) is 86.1 Å². The van der Waals surface area contributed by atoms with Gasteiger partial charge >= 0.3 is 0 Å². The van der Waals surface area contributed by atoms with Crippen LogP contribution in [0.4, 0.5) is 0 Å². The second-order valence-electron chi connectivity index (χ2n) is 23.8. The molecule has 13 rings (SSSR count). The number of benzene rings is 9. The number of nitrogens with zero attached hydrogens (tertiary/aromatic N) is 2. The summed E-state index contributed by atoms with van der Waals surface area (Å²) in [5.74, 6) is 0. The minimum Gasteiger partial charge on any atom is -0.310 e. The Balaban J connectivity index is 1.24. The Bertz CT molecular complexity index is 3800. The van der Waals surface area contributed by atoms with E-state index in [1.165, 1.54) is 155 Å². The summed E-state index contributed by atoms with van der Waals surface area (Å²) in [7, 11) is 0. The van der Waals surface area contributed by atoms with E-state index in [4.69, 9.17) is 0 Å². The molecule has 72 heavy (non-hydrogen) atoms. The molecule has 0 radical (unpaired) electrons. The van der Waals surface area contributed by atoms with Gasteiger partial charge in [-0.1, -0.05) is 195 Å². The van der Waals surface area contributed by atoms with Crippen molar-refractivity contribution in [3.05, 3.63) is 202 Å². The zero-order valence-corrected chi connectivity index (χ0v) is 44.1. The van der Waals surface area contributed by atoms with Gasteiger partial charge in [0.2, 0.25) is 13.4 Å². The zero-order valence-electron chi connectivity index (χ0n) is 44.1. The third kappa shape index (κ3) is 6.57. The fourth-order valence-corrected chi connectivity index (χ4v) is 13.5. The maximum atomic E-state index is 2.67. The summed E-state index contributed by atoms with van der Waals surface area (Å²) in [4.78, 5) is 0. The number of hydrogen-bond donors (Lipinski definition) is 0. The van der Waals surface area contributed by atoms with E-state index in [0.29, 0.717) is 0 Å². The third-order valence-corrected chi connectivity index (χ3v) is 16.7. The van der Waals surface area contributed by atoms with Gasteiger partial charge in [0.15, 0.2) is 0 Å². The molecule has 2 nitrogen and oxygen atoms in total. The normalized spacial score (nSPS) is 13.2. The summed E-state index contributed by atoms with van der Waals surface area (Å²) in [5, 5.41) is 5.25. The van der Waals surface area contributed by atoms with Gasteiger partial charge in [0.1, 0.15) is 0 Å². The van der Waals surface area contributed by atoms with Crippen molar-refractivity contribution in [2.75, 3.05) is 0 Å². The number of aromatic nitrogens is 2. The summed E-state index contributed by atoms with van der Waals surface area (Å²) >= 11 is 0. The average molecular weight is 929 g/mol. The Morgan fingerprint density at radius 1 is 0.333 bits per heavy atom. The van der Waals surface area contributed by atoms with Crippen LogP contribution >= 0.6 is 0 Å². The molecule has 4 heteroatoms. The van der Waals surface area contributed by atoms with Gasteiger partial charge in [0.25, 0.3) is 0 Å². The van der Waals surface area contributed by atoms with Gasteiger partial charge < -0.3 is 9.13 Å². The third-order valence-electron chi connectivity index (χ3n) is 16.7. The molecule has 0 unspecified atom stereocenters. The fraction of sp³-hybridized carbons (Fsp3) is 0.206. The smallest absolute Gasteiger partial charge is 0.247 e. The van der Waals surface area contributed by atoms with Crippen molar-refractivity contribution in [1.29, 1.82) is 0 Å². The Labute approximate surface area is 426 Å². The molecule has 0 saturated carbocycles. The van der Waals surface area contributed by atoms with E-state index in [1.807, 2.05) is 0 Å². The molecule has 0 atom stereocenters. The quantitative estimate of drug-likeness (QED) is 0.156. The van der Waals surface area contributed by atoms with Crippen molar-refractivity contribution in [1.82, 2.24) is 9.13 Å².